The molecule has 0 spiro atoms. The Kier molecular flexibility index (Phi) is 4.85. The number of aryl methyl sites for hydroxylation is 2. The van der Waals surface area contributed by atoms with E-state index in [0.717, 1.165) is 16.3 Å². The third kappa shape index (κ3) is 4.17. The van der Waals surface area contributed by atoms with Crippen molar-refractivity contribution in [3.8, 4) is 10.6 Å². The zero-order chi connectivity index (χ0) is 16.9. The van der Waals surface area contributed by atoms with Crippen LogP contribution in [0.3, 0.4) is 0 Å². The van der Waals surface area contributed by atoms with Crippen molar-refractivity contribution < 1.29 is 4.79 Å². The Labute approximate surface area is 142 Å². The fraction of sp³-hybridized carbons (Fsp3) is 0.250. The third-order valence-corrected chi connectivity index (χ3v) is 4.36. The molecule has 1 aromatic carbocycles. The second kappa shape index (κ2) is 7.22. The SMILES string of the molecule is Cc1cccc(-c2nc(CNC(=O)CCc3n[nH]c(=O)[nH]3)cs2)c1. The van der Waals surface area contributed by atoms with E-state index in [1.807, 2.05) is 30.5 Å². The van der Waals surface area contributed by atoms with Crippen LogP contribution in [-0.4, -0.2) is 26.1 Å². The molecule has 124 valence electrons. The first-order valence-electron chi connectivity index (χ1n) is 7.52. The van der Waals surface area contributed by atoms with E-state index in [-0.39, 0.29) is 18.0 Å². The smallest absolute Gasteiger partial charge is 0.340 e. The molecular formula is C16H17N5O2S. The zero-order valence-corrected chi connectivity index (χ0v) is 13.9. The largest absolute Gasteiger partial charge is 0.350 e. The summed E-state index contributed by atoms with van der Waals surface area (Å²) in [4.78, 5) is 29.8. The molecule has 24 heavy (non-hydrogen) atoms. The molecule has 0 saturated heterocycles. The van der Waals surface area contributed by atoms with Crippen LogP contribution in [0.25, 0.3) is 10.6 Å². The maximum atomic E-state index is 11.9. The molecule has 0 saturated carbocycles. The van der Waals surface area contributed by atoms with Crippen LogP contribution >= 0.6 is 11.3 Å². The number of H-pyrrole nitrogens is 2. The Balaban J connectivity index is 1.51. The number of nitrogens with zero attached hydrogens (tertiary/aromatic N) is 2. The number of hydrogen-bond donors (Lipinski definition) is 3. The van der Waals surface area contributed by atoms with Crippen molar-refractivity contribution in [1.82, 2.24) is 25.5 Å². The monoisotopic (exact) mass is 343 g/mol. The molecule has 3 rings (SSSR count). The van der Waals surface area contributed by atoms with Gasteiger partial charge in [-0.2, -0.15) is 5.10 Å². The number of rotatable bonds is 6. The molecule has 2 heterocycles. The van der Waals surface area contributed by atoms with Gasteiger partial charge in [-0.15, -0.1) is 11.3 Å². The van der Waals surface area contributed by atoms with Gasteiger partial charge in [-0.1, -0.05) is 23.8 Å². The fourth-order valence-electron chi connectivity index (χ4n) is 2.23. The summed E-state index contributed by atoms with van der Waals surface area (Å²) in [6.45, 7) is 2.43. The first-order chi connectivity index (χ1) is 11.6. The standard InChI is InChI=1S/C16H17N5O2S/c1-10-3-2-4-11(7-10)15-18-12(9-24-15)8-17-14(22)6-5-13-19-16(23)21-20-13/h2-4,7,9H,5-6,8H2,1H3,(H,17,22)(H2,19,20,21,23). The minimum absolute atomic E-state index is 0.107. The summed E-state index contributed by atoms with van der Waals surface area (Å²) in [6.07, 6.45) is 0.645. The number of aromatic nitrogens is 4. The Hall–Kier alpha value is -2.74. The average Bonchev–Trinajstić information content (AvgIpc) is 3.20. The van der Waals surface area contributed by atoms with Crippen LogP contribution in [0.5, 0.6) is 0 Å². The van der Waals surface area contributed by atoms with Gasteiger partial charge >= 0.3 is 5.69 Å². The topological polar surface area (TPSA) is 104 Å². The van der Waals surface area contributed by atoms with E-state index in [2.05, 4.69) is 31.5 Å². The van der Waals surface area contributed by atoms with E-state index in [0.29, 0.717) is 18.8 Å². The van der Waals surface area contributed by atoms with Crippen molar-refractivity contribution in [2.45, 2.75) is 26.3 Å². The highest BCUT2D eigenvalue weighted by atomic mass is 32.1. The van der Waals surface area contributed by atoms with Gasteiger partial charge < -0.3 is 5.32 Å². The van der Waals surface area contributed by atoms with Crippen molar-refractivity contribution in [3.05, 3.63) is 57.2 Å². The molecule has 3 aromatic rings. The number of amides is 1. The Morgan fingerprint density at radius 1 is 1.38 bits per heavy atom. The van der Waals surface area contributed by atoms with Crippen LogP contribution in [0.4, 0.5) is 0 Å². The first-order valence-corrected chi connectivity index (χ1v) is 8.40. The van der Waals surface area contributed by atoms with Gasteiger partial charge in [0.05, 0.1) is 12.2 Å². The molecule has 0 aliphatic carbocycles. The number of thiazole rings is 1. The summed E-state index contributed by atoms with van der Waals surface area (Å²) in [7, 11) is 0. The second-order valence-corrected chi connectivity index (χ2v) is 6.27. The molecular weight excluding hydrogens is 326 g/mol. The van der Waals surface area contributed by atoms with Crippen LogP contribution in [0.1, 0.15) is 23.5 Å². The van der Waals surface area contributed by atoms with E-state index in [9.17, 15) is 9.59 Å². The number of carbonyl (C=O) groups excluding carboxylic acids is 1. The van der Waals surface area contributed by atoms with Gasteiger partial charge in [-0.3, -0.25) is 9.78 Å². The average molecular weight is 343 g/mol. The Morgan fingerprint density at radius 3 is 3.00 bits per heavy atom. The summed E-state index contributed by atoms with van der Waals surface area (Å²) >= 11 is 1.56. The van der Waals surface area contributed by atoms with Crippen LogP contribution in [0.15, 0.2) is 34.4 Å². The summed E-state index contributed by atoms with van der Waals surface area (Å²) < 4.78 is 0. The van der Waals surface area contributed by atoms with Crippen molar-refractivity contribution in [2.75, 3.05) is 0 Å². The fourth-order valence-corrected chi connectivity index (χ4v) is 3.05. The van der Waals surface area contributed by atoms with E-state index >= 15 is 0 Å². The van der Waals surface area contributed by atoms with Crippen LogP contribution in [0, 0.1) is 6.92 Å². The minimum Gasteiger partial charge on any atom is -0.350 e. The summed E-state index contributed by atoms with van der Waals surface area (Å²) in [6, 6.07) is 8.17. The van der Waals surface area contributed by atoms with Crippen molar-refractivity contribution >= 4 is 17.2 Å². The van der Waals surface area contributed by atoms with Crippen molar-refractivity contribution in [1.29, 1.82) is 0 Å². The quantitative estimate of drug-likeness (QED) is 0.634. The normalized spacial score (nSPS) is 10.7. The maximum Gasteiger partial charge on any atom is 0.340 e. The molecule has 2 aromatic heterocycles. The molecule has 7 nitrogen and oxygen atoms in total. The van der Waals surface area contributed by atoms with Gasteiger partial charge in [-0.05, 0) is 13.0 Å². The zero-order valence-electron chi connectivity index (χ0n) is 13.1. The number of hydrogen-bond acceptors (Lipinski definition) is 5. The molecule has 0 unspecified atom stereocenters. The molecule has 0 radical (unpaired) electrons. The van der Waals surface area contributed by atoms with Crippen LogP contribution in [-0.2, 0) is 17.8 Å². The molecule has 0 fully saturated rings. The van der Waals surface area contributed by atoms with Gasteiger partial charge in [0.15, 0.2) is 0 Å². The Bertz CT molecular complexity index is 896. The van der Waals surface area contributed by atoms with Gasteiger partial charge in [-0.25, -0.2) is 14.9 Å². The molecule has 0 bridgehead atoms. The van der Waals surface area contributed by atoms with E-state index in [4.69, 9.17) is 0 Å². The lowest BCUT2D eigenvalue weighted by Crippen LogP contribution is -2.23. The molecule has 1 amide bonds. The highest BCUT2D eigenvalue weighted by Gasteiger charge is 2.08. The number of nitrogens with one attached hydrogen (secondary N) is 3. The van der Waals surface area contributed by atoms with E-state index < -0.39 is 0 Å². The molecule has 3 N–H and O–H groups in total. The third-order valence-electron chi connectivity index (χ3n) is 3.42. The predicted octanol–water partition coefficient (Wildman–Crippen LogP) is 1.78. The maximum absolute atomic E-state index is 11.9. The van der Waals surface area contributed by atoms with Crippen molar-refractivity contribution in [3.63, 3.8) is 0 Å². The van der Waals surface area contributed by atoms with Gasteiger partial charge in [0, 0.05) is 23.8 Å². The molecule has 0 atom stereocenters. The summed E-state index contributed by atoms with van der Waals surface area (Å²) in [5.41, 5.74) is 2.74. The lowest BCUT2D eigenvalue weighted by atomic mass is 10.1. The van der Waals surface area contributed by atoms with E-state index in [1.54, 1.807) is 11.3 Å². The second-order valence-electron chi connectivity index (χ2n) is 5.41. The number of carbonyl (C=O) groups is 1. The lowest BCUT2D eigenvalue weighted by Gasteiger charge is -2.02. The van der Waals surface area contributed by atoms with Crippen molar-refractivity contribution in [2.24, 2.45) is 0 Å². The van der Waals surface area contributed by atoms with Crippen LogP contribution in [0.2, 0.25) is 0 Å². The molecule has 8 heteroatoms. The number of benzene rings is 1. The highest BCUT2D eigenvalue weighted by Crippen LogP contribution is 2.24. The summed E-state index contributed by atoms with van der Waals surface area (Å²) in [5, 5.41) is 11.8. The lowest BCUT2D eigenvalue weighted by molar-refractivity contribution is -0.121. The summed E-state index contributed by atoms with van der Waals surface area (Å²) in [5.74, 6) is 0.370. The van der Waals surface area contributed by atoms with E-state index in [1.165, 1.54) is 5.56 Å². The highest BCUT2D eigenvalue weighted by molar-refractivity contribution is 7.13. The van der Waals surface area contributed by atoms with Gasteiger partial charge in [0.1, 0.15) is 10.8 Å². The van der Waals surface area contributed by atoms with Gasteiger partial charge in [0.25, 0.3) is 0 Å². The van der Waals surface area contributed by atoms with Gasteiger partial charge in [0.2, 0.25) is 5.91 Å². The first kappa shape index (κ1) is 16.1. The molecule has 0 aliphatic heterocycles. The predicted molar refractivity (Wildman–Crippen MR) is 91.7 cm³/mol. The molecule has 0 aliphatic rings. The Morgan fingerprint density at radius 2 is 2.25 bits per heavy atom. The number of aromatic amines is 2. The minimum atomic E-state index is -0.364. The van der Waals surface area contributed by atoms with Crippen LogP contribution < -0.4 is 11.0 Å².